The van der Waals surface area contributed by atoms with Crippen LogP contribution in [-0.4, -0.2) is 27.4 Å². The van der Waals surface area contributed by atoms with Gasteiger partial charge in [-0.2, -0.15) is 0 Å². The number of carbonyl (C=O) groups excluding carboxylic acids is 1. The summed E-state index contributed by atoms with van der Waals surface area (Å²) in [7, 11) is 0. The Labute approximate surface area is 128 Å². The second-order valence-electron chi connectivity index (χ2n) is 5.25. The van der Waals surface area contributed by atoms with Crippen LogP contribution >= 0.6 is 11.6 Å². The van der Waals surface area contributed by atoms with Gasteiger partial charge in [0, 0.05) is 24.2 Å². The molecule has 1 aromatic heterocycles. The molecule has 1 aliphatic heterocycles. The first-order valence-electron chi connectivity index (χ1n) is 7.09. The van der Waals surface area contributed by atoms with Gasteiger partial charge in [0.1, 0.15) is 0 Å². The molecule has 0 unspecified atom stereocenters. The van der Waals surface area contributed by atoms with Gasteiger partial charge >= 0.3 is 0 Å². The summed E-state index contributed by atoms with van der Waals surface area (Å²) in [5, 5.41) is 8.34. The number of rotatable bonds is 3. The first-order chi connectivity index (χ1) is 10.2. The molecular formula is C15H17ClN4O. The van der Waals surface area contributed by atoms with Crippen molar-refractivity contribution in [1.82, 2.24) is 15.0 Å². The molecule has 0 spiro atoms. The molecule has 0 fully saturated rings. The van der Waals surface area contributed by atoms with Crippen LogP contribution in [0.4, 0.5) is 5.69 Å². The van der Waals surface area contributed by atoms with E-state index in [1.54, 1.807) is 17.1 Å². The Hall–Kier alpha value is -1.88. The summed E-state index contributed by atoms with van der Waals surface area (Å²) in [5.41, 5.74) is 3.19. The van der Waals surface area contributed by atoms with Crippen LogP contribution in [-0.2, 0) is 17.8 Å². The van der Waals surface area contributed by atoms with Gasteiger partial charge < -0.3 is 4.90 Å². The Balaban J connectivity index is 1.81. The minimum absolute atomic E-state index is 0.108. The number of fused-ring (bicyclic) bond motifs is 1. The Morgan fingerprint density at radius 2 is 2.29 bits per heavy atom. The molecule has 1 amide bonds. The molecule has 0 saturated heterocycles. The Bertz CT molecular complexity index is 654. The van der Waals surface area contributed by atoms with Crippen LogP contribution in [0.2, 0.25) is 5.02 Å². The Morgan fingerprint density at radius 1 is 1.43 bits per heavy atom. The second kappa shape index (κ2) is 5.85. The summed E-state index contributed by atoms with van der Waals surface area (Å²) >= 11 is 6.21. The third-order valence-corrected chi connectivity index (χ3v) is 4.28. The lowest BCUT2D eigenvalue weighted by molar-refractivity contribution is -0.119. The second-order valence-corrected chi connectivity index (χ2v) is 5.65. The zero-order valence-electron chi connectivity index (χ0n) is 11.9. The average Bonchev–Trinajstić information content (AvgIpc) is 3.01. The maximum atomic E-state index is 12.5. The van der Waals surface area contributed by atoms with Gasteiger partial charge in [0.05, 0.1) is 18.4 Å². The maximum Gasteiger partial charge on any atom is 0.228 e. The molecule has 0 N–H and O–H groups in total. The summed E-state index contributed by atoms with van der Waals surface area (Å²) in [5.74, 6) is 0.108. The highest BCUT2D eigenvalue weighted by molar-refractivity contribution is 6.31. The van der Waals surface area contributed by atoms with Crippen molar-refractivity contribution >= 4 is 23.2 Å². The summed E-state index contributed by atoms with van der Waals surface area (Å²) in [6.07, 6.45) is 5.78. The number of hydrogen-bond acceptors (Lipinski definition) is 3. The van der Waals surface area contributed by atoms with Crippen molar-refractivity contribution in [2.45, 2.75) is 32.7 Å². The molecule has 21 heavy (non-hydrogen) atoms. The molecule has 0 bridgehead atoms. The van der Waals surface area contributed by atoms with E-state index in [0.717, 1.165) is 30.6 Å². The Kier molecular flexibility index (Phi) is 3.92. The topological polar surface area (TPSA) is 51.0 Å². The lowest BCUT2D eigenvalue weighted by atomic mass is 9.98. The van der Waals surface area contributed by atoms with Crippen molar-refractivity contribution in [3.63, 3.8) is 0 Å². The Morgan fingerprint density at radius 3 is 3.05 bits per heavy atom. The van der Waals surface area contributed by atoms with Crippen LogP contribution < -0.4 is 4.90 Å². The van der Waals surface area contributed by atoms with E-state index < -0.39 is 0 Å². The van der Waals surface area contributed by atoms with E-state index in [9.17, 15) is 4.79 Å². The van der Waals surface area contributed by atoms with Gasteiger partial charge in [-0.05, 0) is 37.0 Å². The molecule has 1 aromatic carbocycles. The van der Waals surface area contributed by atoms with Crippen molar-refractivity contribution in [3.8, 4) is 0 Å². The standard InChI is InChI=1S/C15H17ClN4O/c1-11-13(16)5-4-12-3-2-8-20(15(11)12)14(21)6-9-19-10-7-17-18-19/h4-5,7,10H,2-3,6,8-9H2,1H3. The minimum Gasteiger partial charge on any atom is -0.312 e. The molecule has 110 valence electrons. The van der Waals surface area contributed by atoms with E-state index in [0.29, 0.717) is 18.0 Å². The van der Waals surface area contributed by atoms with E-state index in [1.807, 2.05) is 24.0 Å². The van der Waals surface area contributed by atoms with Crippen LogP contribution in [0.1, 0.15) is 24.0 Å². The summed E-state index contributed by atoms with van der Waals surface area (Å²) in [6, 6.07) is 3.95. The van der Waals surface area contributed by atoms with Gasteiger partial charge in [-0.15, -0.1) is 5.10 Å². The van der Waals surface area contributed by atoms with Gasteiger partial charge in [-0.25, -0.2) is 0 Å². The van der Waals surface area contributed by atoms with Crippen molar-refractivity contribution in [2.75, 3.05) is 11.4 Å². The molecule has 3 rings (SSSR count). The molecule has 2 aromatic rings. The van der Waals surface area contributed by atoms with Crippen molar-refractivity contribution in [3.05, 3.63) is 40.7 Å². The van der Waals surface area contributed by atoms with Crippen LogP contribution in [0, 0.1) is 6.92 Å². The zero-order chi connectivity index (χ0) is 14.8. The van der Waals surface area contributed by atoms with Crippen LogP contribution in [0.25, 0.3) is 0 Å². The third-order valence-electron chi connectivity index (χ3n) is 3.87. The number of aromatic nitrogens is 3. The van der Waals surface area contributed by atoms with E-state index in [4.69, 9.17) is 11.6 Å². The smallest absolute Gasteiger partial charge is 0.228 e. The highest BCUT2D eigenvalue weighted by Gasteiger charge is 2.24. The predicted molar refractivity (Wildman–Crippen MR) is 81.5 cm³/mol. The number of hydrogen-bond donors (Lipinski definition) is 0. The van der Waals surface area contributed by atoms with Crippen molar-refractivity contribution in [2.24, 2.45) is 0 Å². The molecule has 5 nitrogen and oxygen atoms in total. The van der Waals surface area contributed by atoms with Gasteiger partial charge in [0.25, 0.3) is 0 Å². The largest absolute Gasteiger partial charge is 0.312 e. The van der Waals surface area contributed by atoms with Crippen molar-refractivity contribution in [1.29, 1.82) is 0 Å². The fourth-order valence-corrected chi connectivity index (χ4v) is 2.95. The molecule has 0 saturated carbocycles. The zero-order valence-corrected chi connectivity index (χ0v) is 12.7. The highest BCUT2D eigenvalue weighted by atomic mass is 35.5. The molecule has 1 aliphatic rings. The van der Waals surface area contributed by atoms with Gasteiger partial charge in [-0.3, -0.25) is 9.48 Å². The number of anilines is 1. The summed E-state index contributed by atoms with van der Waals surface area (Å²) < 4.78 is 1.67. The maximum absolute atomic E-state index is 12.5. The van der Waals surface area contributed by atoms with E-state index in [1.165, 1.54) is 5.56 Å². The van der Waals surface area contributed by atoms with Gasteiger partial charge in [0.15, 0.2) is 0 Å². The third kappa shape index (κ3) is 2.78. The fraction of sp³-hybridized carbons (Fsp3) is 0.400. The van der Waals surface area contributed by atoms with E-state index in [-0.39, 0.29) is 5.91 Å². The number of amides is 1. The van der Waals surface area contributed by atoms with Gasteiger partial charge in [-0.1, -0.05) is 22.9 Å². The number of halogens is 1. The normalized spacial score (nSPS) is 14.1. The SMILES string of the molecule is Cc1c(Cl)ccc2c1N(C(=O)CCn1ccnn1)CCC2. The highest BCUT2D eigenvalue weighted by Crippen LogP contribution is 2.35. The quantitative estimate of drug-likeness (QED) is 0.876. The van der Waals surface area contributed by atoms with Crippen molar-refractivity contribution < 1.29 is 4.79 Å². The molecule has 6 heteroatoms. The van der Waals surface area contributed by atoms with E-state index >= 15 is 0 Å². The molecule has 0 aliphatic carbocycles. The van der Waals surface area contributed by atoms with Crippen LogP contribution in [0.15, 0.2) is 24.5 Å². The number of nitrogens with zero attached hydrogens (tertiary/aromatic N) is 4. The number of carbonyl (C=O) groups is 1. The van der Waals surface area contributed by atoms with Crippen LogP contribution in [0.3, 0.4) is 0 Å². The number of benzene rings is 1. The molecule has 0 radical (unpaired) electrons. The predicted octanol–water partition coefficient (Wildman–Crippen LogP) is 2.61. The van der Waals surface area contributed by atoms with E-state index in [2.05, 4.69) is 10.3 Å². The minimum atomic E-state index is 0.108. The average molecular weight is 305 g/mol. The lowest BCUT2D eigenvalue weighted by Gasteiger charge is -2.31. The van der Waals surface area contributed by atoms with Gasteiger partial charge in [0.2, 0.25) is 5.91 Å². The first-order valence-corrected chi connectivity index (χ1v) is 7.47. The number of aryl methyl sites for hydroxylation is 2. The molecule has 0 atom stereocenters. The first kappa shape index (κ1) is 14.1. The molecule has 2 heterocycles. The van der Waals surface area contributed by atoms with Crippen LogP contribution in [0.5, 0.6) is 0 Å². The summed E-state index contributed by atoms with van der Waals surface area (Å²) in [6.45, 7) is 3.28. The lowest BCUT2D eigenvalue weighted by Crippen LogP contribution is -2.36. The fourth-order valence-electron chi connectivity index (χ4n) is 2.80. The molecular weight excluding hydrogens is 288 g/mol. The monoisotopic (exact) mass is 304 g/mol. The summed E-state index contributed by atoms with van der Waals surface area (Å²) in [4.78, 5) is 14.4.